The van der Waals surface area contributed by atoms with Crippen molar-refractivity contribution in [3.8, 4) is 28.8 Å². The molecular formula is C28H31N7O2. The Hall–Kier alpha value is -4.16. The number of ether oxygens (including phenoxy) is 2. The average molecular weight is 498 g/mol. The van der Waals surface area contributed by atoms with Gasteiger partial charge in [0, 0.05) is 61.3 Å². The Balaban J connectivity index is 1.35. The van der Waals surface area contributed by atoms with E-state index in [9.17, 15) is 5.26 Å². The molecule has 0 amide bonds. The SMILES string of the molecule is CCOc1cc(-c2ccc(N3CC(C)N(Cc4ccc(OC)nc4)[C@H](C)C3)nc2)c2c(C#N)cnn2c1. The first-order valence-electron chi connectivity index (χ1n) is 12.5. The molecule has 5 heterocycles. The van der Waals surface area contributed by atoms with Crippen molar-refractivity contribution in [2.45, 2.75) is 39.4 Å². The monoisotopic (exact) mass is 497 g/mol. The van der Waals surface area contributed by atoms with Crippen LogP contribution in [0.1, 0.15) is 31.9 Å². The minimum atomic E-state index is 0.347. The van der Waals surface area contributed by atoms with Gasteiger partial charge in [-0.15, -0.1) is 0 Å². The highest BCUT2D eigenvalue weighted by atomic mass is 16.5. The third kappa shape index (κ3) is 4.93. The summed E-state index contributed by atoms with van der Waals surface area (Å²) in [6.07, 6.45) is 7.15. The number of fused-ring (bicyclic) bond motifs is 1. The van der Waals surface area contributed by atoms with E-state index in [4.69, 9.17) is 14.5 Å². The first-order valence-corrected chi connectivity index (χ1v) is 12.5. The van der Waals surface area contributed by atoms with Crippen LogP contribution in [0.3, 0.4) is 0 Å². The maximum atomic E-state index is 9.60. The van der Waals surface area contributed by atoms with Crippen molar-refractivity contribution in [3.05, 3.63) is 66.2 Å². The molecule has 4 aromatic heterocycles. The summed E-state index contributed by atoms with van der Waals surface area (Å²) in [5.41, 5.74) is 4.24. The summed E-state index contributed by atoms with van der Waals surface area (Å²) in [5.74, 6) is 2.28. The van der Waals surface area contributed by atoms with E-state index in [1.165, 1.54) is 5.56 Å². The zero-order chi connectivity index (χ0) is 25.9. The van der Waals surface area contributed by atoms with Crippen molar-refractivity contribution in [2.24, 2.45) is 0 Å². The fourth-order valence-corrected chi connectivity index (χ4v) is 5.07. The molecule has 0 N–H and O–H groups in total. The number of nitrogens with zero attached hydrogens (tertiary/aromatic N) is 7. The summed E-state index contributed by atoms with van der Waals surface area (Å²) in [5, 5.41) is 13.9. The molecule has 5 rings (SSSR count). The number of pyridine rings is 3. The van der Waals surface area contributed by atoms with Gasteiger partial charge in [-0.2, -0.15) is 10.4 Å². The van der Waals surface area contributed by atoms with Crippen LogP contribution in [-0.4, -0.2) is 63.4 Å². The van der Waals surface area contributed by atoms with E-state index in [0.717, 1.165) is 42.1 Å². The van der Waals surface area contributed by atoms with Crippen molar-refractivity contribution in [2.75, 3.05) is 31.7 Å². The zero-order valence-electron chi connectivity index (χ0n) is 21.6. The van der Waals surface area contributed by atoms with Crippen LogP contribution >= 0.6 is 0 Å². The summed E-state index contributed by atoms with van der Waals surface area (Å²) < 4.78 is 12.6. The molecule has 0 aliphatic carbocycles. The van der Waals surface area contributed by atoms with Crippen LogP contribution in [-0.2, 0) is 6.54 Å². The summed E-state index contributed by atoms with van der Waals surface area (Å²) in [7, 11) is 1.63. The summed E-state index contributed by atoms with van der Waals surface area (Å²) in [6.45, 7) is 9.61. The van der Waals surface area contributed by atoms with Crippen molar-refractivity contribution >= 4 is 11.3 Å². The first kappa shape index (κ1) is 24.5. The van der Waals surface area contributed by atoms with Crippen LogP contribution in [0.5, 0.6) is 11.6 Å². The maximum Gasteiger partial charge on any atom is 0.212 e. The Labute approximate surface area is 216 Å². The molecule has 190 valence electrons. The summed E-state index contributed by atoms with van der Waals surface area (Å²) in [4.78, 5) is 14.0. The predicted molar refractivity (Wildman–Crippen MR) is 142 cm³/mol. The molecule has 9 nitrogen and oxygen atoms in total. The van der Waals surface area contributed by atoms with E-state index in [0.29, 0.717) is 35.9 Å². The summed E-state index contributed by atoms with van der Waals surface area (Å²) in [6, 6.07) is 13.0. The molecule has 2 atom stereocenters. The molecular weight excluding hydrogens is 466 g/mol. The number of methoxy groups -OCH3 is 1. The van der Waals surface area contributed by atoms with E-state index >= 15 is 0 Å². The molecule has 0 radical (unpaired) electrons. The minimum absolute atomic E-state index is 0.347. The second kappa shape index (κ2) is 10.4. The second-order valence-corrected chi connectivity index (χ2v) is 9.37. The molecule has 37 heavy (non-hydrogen) atoms. The largest absolute Gasteiger partial charge is 0.492 e. The van der Waals surface area contributed by atoms with Crippen molar-refractivity contribution < 1.29 is 9.47 Å². The minimum Gasteiger partial charge on any atom is -0.492 e. The van der Waals surface area contributed by atoms with Crippen LogP contribution in [0.25, 0.3) is 16.6 Å². The molecule has 1 aliphatic heterocycles. The number of hydrogen-bond donors (Lipinski definition) is 0. The highest BCUT2D eigenvalue weighted by Gasteiger charge is 2.30. The molecule has 0 spiro atoms. The Bertz CT molecular complexity index is 1400. The van der Waals surface area contributed by atoms with Gasteiger partial charge in [-0.25, -0.2) is 14.5 Å². The maximum absolute atomic E-state index is 9.60. The molecule has 0 saturated carbocycles. The molecule has 4 aromatic rings. The van der Waals surface area contributed by atoms with Crippen molar-refractivity contribution in [1.82, 2.24) is 24.5 Å². The van der Waals surface area contributed by atoms with Crippen molar-refractivity contribution in [1.29, 1.82) is 5.26 Å². The van der Waals surface area contributed by atoms with Gasteiger partial charge in [0.05, 0.1) is 37.2 Å². The Morgan fingerprint density at radius 3 is 2.49 bits per heavy atom. The average Bonchev–Trinajstić information content (AvgIpc) is 3.34. The highest BCUT2D eigenvalue weighted by molar-refractivity contribution is 5.85. The van der Waals surface area contributed by atoms with Gasteiger partial charge in [-0.3, -0.25) is 4.90 Å². The van der Waals surface area contributed by atoms with E-state index in [1.807, 2.05) is 31.5 Å². The van der Waals surface area contributed by atoms with E-state index in [-0.39, 0.29) is 0 Å². The number of anilines is 1. The lowest BCUT2D eigenvalue weighted by Crippen LogP contribution is -2.56. The van der Waals surface area contributed by atoms with Crippen LogP contribution in [0.15, 0.2) is 55.1 Å². The van der Waals surface area contributed by atoms with Crippen LogP contribution in [0, 0.1) is 11.3 Å². The third-order valence-electron chi connectivity index (χ3n) is 6.87. The number of rotatable bonds is 7. The lowest BCUT2D eigenvalue weighted by atomic mass is 10.0. The number of hydrogen-bond acceptors (Lipinski definition) is 8. The number of piperazine rings is 1. The zero-order valence-corrected chi connectivity index (χ0v) is 21.6. The lowest BCUT2D eigenvalue weighted by Gasteiger charge is -2.45. The third-order valence-corrected chi connectivity index (χ3v) is 6.87. The molecule has 0 aromatic carbocycles. The Kier molecular flexibility index (Phi) is 6.93. The smallest absolute Gasteiger partial charge is 0.212 e. The quantitative estimate of drug-likeness (QED) is 0.376. The van der Waals surface area contributed by atoms with E-state index in [1.54, 1.807) is 24.0 Å². The second-order valence-electron chi connectivity index (χ2n) is 9.37. The van der Waals surface area contributed by atoms with Gasteiger partial charge < -0.3 is 14.4 Å². The van der Waals surface area contributed by atoms with E-state index < -0.39 is 0 Å². The first-order chi connectivity index (χ1) is 18.0. The molecule has 1 unspecified atom stereocenters. The van der Waals surface area contributed by atoms with Gasteiger partial charge in [0.2, 0.25) is 5.88 Å². The van der Waals surface area contributed by atoms with Gasteiger partial charge >= 0.3 is 0 Å². The van der Waals surface area contributed by atoms with Gasteiger partial charge in [0.25, 0.3) is 0 Å². The molecule has 1 saturated heterocycles. The fraction of sp³-hybridized carbons (Fsp3) is 0.357. The van der Waals surface area contributed by atoms with Gasteiger partial charge in [-0.1, -0.05) is 6.07 Å². The van der Waals surface area contributed by atoms with Gasteiger partial charge in [0.1, 0.15) is 17.6 Å². The predicted octanol–water partition coefficient (Wildman–Crippen LogP) is 4.17. The van der Waals surface area contributed by atoms with Crippen LogP contribution in [0.2, 0.25) is 0 Å². The Morgan fingerprint density at radius 1 is 1.05 bits per heavy atom. The molecule has 1 fully saturated rings. The van der Waals surface area contributed by atoms with Crippen molar-refractivity contribution in [3.63, 3.8) is 0 Å². The lowest BCUT2D eigenvalue weighted by molar-refractivity contribution is 0.122. The standard InChI is InChI=1S/C28H31N7O2/c1-5-37-24-10-25(28-23(11-29)14-32-35(28)18-24)22-7-8-26(30-13-22)33-15-19(2)34(20(3)16-33)17-21-6-9-27(36-4)31-12-21/h6-10,12-14,18-20H,5,15-17H2,1-4H3/t19-,20?/m1/s1. The number of nitriles is 1. The topological polar surface area (TPSA) is 91.8 Å². The number of aromatic nitrogens is 4. The molecule has 0 bridgehead atoms. The normalized spacial score (nSPS) is 18.1. The van der Waals surface area contributed by atoms with Gasteiger partial charge in [-0.05, 0) is 44.5 Å². The fourth-order valence-electron chi connectivity index (χ4n) is 5.07. The molecule has 1 aliphatic rings. The van der Waals surface area contributed by atoms with Crippen LogP contribution in [0.4, 0.5) is 5.82 Å². The Morgan fingerprint density at radius 2 is 1.86 bits per heavy atom. The summed E-state index contributed by atoms with van der Waals surface area (Å²) >= 11 is 0. The van der Waals surface area contributed by atoms with Crippen LogP contribution < -0.4 is 14.4 Å². The van der Waals surface area contributed by atoms with E-state index in [2.05, 4.69) is 58.0 Å². The highest BCUT2D eigenvalue weighted by Crippen LogP contribution is 2.32. The van der Waals surface area contributed by atoms with Gasteiger partial charge in [0.15, 0.2) is 0 Å². The molecule has 9 heteroatoms.